The lowest BCUT2D eigenvalue weighted by molar-refractivity contribution is -0.116. The monoisotopic (exact) mass is 318 g/mol. The lowest BCUT2D eigenvalue weighted by Gasteiger charge is -2.06. The van der Waals surface area contributed by atoms with E-state index < -0.39 is 0 Å². The topological polar surface area (TPSA) is 42.0 Å². The summed E-state index contributed by atoms with van der Waals surface area (Å²) in [5.74, 6) is 0.00683. The van der Waals surface area contributed by atoms with Gasteiger partial charge in [0.1, 0.15) is 4.60 Å². The van der Waals surface area contributed by atoms with Crippen LogP contribution in [0.25, 0.3) is 0 Å². The van der Waals surface area contributed by atoms with Crippen LogP contribution in [-0.2, 0) is 11.2 Å². The quantitative estimate of drug-likeness (QED) is 0.873. The number of amides is 1. The molecule has 0 atom stereocenters. The van der Waals surface area contributed by atoms with Crippen molar-refractivity contribution in [2.45, 2.75) is 19.8 Å². The van der Waals surface area contributed by atoms with Crippen LogP contribution in [0, 0.1) is 6.92 Å². The molecule has 1 N–H and O–H groups in total. The molecule has 19 heavy (non-hydrogen) atoms. The second-order valence-electron chi connectivity index (χ2n) is 4.37. The van der Waals surface area contributed by atoms with E-state index in [0.717, 1.165) is 22.3 Å². The maximum absolute atomic E-state index is 11.8. The van der Waals surface area contributed by atoms with E-state index in [0.29, 0.717) is 6.42 Å². The van der Waals surface area contributed by atoms with Crippen LogP contribution in [0.5, 0.6) is 0 Å². The summed E-state index contributed by atoms with van der Waals surface area (Å²) in [4.78, 5) is 16.0. The number of carbonyl (C=O) groups excluding carboxylic acids is 1. The number of anilines is 1. The first-order valence-corrected chi connectivity index (χ1v) is 6.90. The van der Waals surface area contributed by atoms with Gasteiger partial charge < -0.3 is 5.32 Å². The molecule has 0 aliphatic heterocycles. The fourth-order valence-corrected chi connectivity index (χ4v) is 1.97. The van der Waals surface area contributed by atoms with E-state index in [2.05, 4.69) is 26.2 Å². The third-order valence-electron chi connectivity index (χ3n) is 2.78. The van der Waals surface area contributed by atoms with Gasteiger partial charge in [0.2, 0.25) is 5.91 Å². The highest BCUT2D eigenvalue weighted by molar-refractivity contribution is 9.10. The summed E-state index contributed by atoms with van der Waals surface area (Å²) in [6.45, 7) is 1.94. The molecule has 98 valence electrons. The van der Waals surface area contributed by atoms with Gasteiger partial charge in [0.05, 0.1) is 11.9 Å². The molecule has 0 saturated carbocycles. The number of nitrogens with one attached hydrogen (secondary N) is 1. The minimum Gasteiger partial charge on any atom is -0.325 e. The predicted octanol–water partition coefficient (Wildman–Crippen LogP) is 3.72. The zero-order valence-electron chi connectivity index (χ0n) is 10.7. The zero-order chi connectivity index (χ0) is 13.7. The Kier molecular flexibility index (Phi) is 4.68. The van der Waals surface area contributed by atoms with Gasteiger partial charge in [0.15, 0.2) is 0 Å². The lowest BCUT2D eigenvalue weighted by Crippen LogP contribution is -2.12. The van der Waals surface area contributed by atoms with Crippen LogP contribution in [0.15, 0.2) is 47.2 Å². The van der Waals surface area contributed by atoms with Crippen LogP contribution in [0.3, 0.4) is 0 Å². The van der Waals surface area contributed by atoms with Gasteiger partial charge in [0, 0.05) is 6.42 Å². The van der Waals surface area contributed by atoms with Crippen LogP contribution in [0.1, 0.15) is 17.5 Å². The Balaban J connectivity index is 1.89. The summed E-state index contributed by atoms with van der Waals surface area (Å²) in [7, 11) is 0. The van der Waals surface area contributed by atoms with Crippen molar-refractivity contribution in [1.29, 1.82) is 0 Å². The van der Waals surface area contributed by atoms with Gasteiger partial charge in [-0.25, -0.2) is 4.98 Å². The summed E-state index contributed by atoms with van der Waals surface area (Å²) in [6, 6.07) is 11.9. The maximum atomic E-state index is 11.8. The fourth-order valence-electron chi connectivity index (χ4n) is 1.75. The minimum absolute atomic E-state index is 0.00683. The van der Waals surface area contributed by atoms with Crippen LogP contribution in [-0.4, -0.2) is 10.9 Å². The smallest absolute Gasteiger partial charge is 0.224 e. The first-order valence-electron chi connectivity index (χ1n) is 6.11. The van der Waals surface area contributed by atoms with Crippen molar-refractivity contribution < 1.29 is 4.79 Å². The Morgan fingerprint density at radius 2 is 2.05 bits per heavy atom. The van der Waals surface area contributed by atoms with Crippen molar-refractivity contribution >= 4 is 27.5 Å². The third-order valence-corrected chi connectivity index (χ3v) is 3.61. The summed E-state index contributed by atoms with van der Waals surface area (Å²) >= 11 is 3.33. The zero-order valence-corrected chi connectivity index (χ0v) is 12.3. The molecule has 0 aliphatic carbocycles. The number of aryl methyl sites for hydroxylation is 2. The number of pyridine rings is 1. The molecule has 1 amide bonds. The molecule has 2 rings (SSSR count). The molecule has 2 aromatic rings. The van der Waals surface area contributed by atoms with Crippen molar-refractivity contribution in [2.75, 3.05) is 5.32 Å². The Morgan fingerprint density at radius 3 is 2.74 bits per heavy atom. The molecule has 0 saturated heterocycles. The molecule has 0 bridgehead atoms. The summed E-state index contributed by atoms with van der Waals surface area (Å²) in [5.41, 5.74) is 2.90. The molecule has 0 radical (unpaired) electrons. The van der Waals surface area contributed by atoms with Crippen LogP contribution < -0.4 is 5.32 Å². The molecule has 3 nitrogen and oxygen atoms in total. The maximum Gasteiger partial charge on any atom is 0.224 e. The molecule has 0 unspecified atom stereocenters. The second kappa shape index (κ2) is 6.48. The van der Waals surface area contributed by atoms with Gasteiger partial charge in [-0.2, -0.15) is 0 Å². The average Bonchev–Trinajstić information content (AvgIpc) is 2.42. The molecule has 1 aromatic carbocycles. The van der Waals surface area contributed by atoms with Gasteiger partial charge >= 0.3 is 0 Å². The van der Waals surface area contributed by atoms with E-state index in [1.54, 1.807) is 6.20 Å². The number of aromatic nitrogens is 1. The van der Waals surface area contributed by atoms with E-state index in [9.17, 15) is 4.79 Å². The number of nitrogens with zero attached hydrogens (tertiary/aromatic N) is 1. The largest absolute Gasteiger partial charge is 0.325 e. The molecular formula is C15H15BrN2O. The number of benzene rings is 1. The molecule has 1 heterocycles. The van der Waals surface area contributed by atoms with Gasteiger partial charge in [-0.05, 0) is 46.5 Å². The van der Waals surface area contributed by atoms with E-state index >= 15 is 0 Å². The minimum atomic E-state index is 0.00683. The van der Waals surface area contributed by atoms with Crippen LogP contribution in [0.4, 0.5) is 5.69 Å². The molecule has 0 aliphatic rings. The molecule has 0 fully saturated rings. The van der Waals surface area contributed by atoms with E-state index in [-0.39, 0.29) is 5.91 Å². The Bertz CT molecular complexity index is 570. The standard InChI is InChI=1S/C15H15BrN2O/c1-11-9-13(10-17-15(11)16)18-14(19)8-7-12-5-3-2-4-6-12/h2-6,9-10H,7-8H2,1H3,(H,18,19). The van der Waals surface area contributed by atoms with Crippen molar-refractivity contribution in [3.63, 3.8) is 0 Å². The van der Waals surface area contributed by atoms with Crippen molar-refractivity contribution in [3.05, 3.63) is 58.3 Å². The number of hydrogen-bond acceptors (Lipinski definition) is 2. The van der Waals surface area contributed by atoms with Gasteiger partial charge in [-0.15, -0.1) is 0 Å². The highest BCUT2D eigenvalue weighted by atomic mass is 79.9. The van der Waals surface area contributed by atoms with E-state index in [4.69, 9.17) is 0 Å². The second-order valence-corrected chi connectivity index (χ2v) is 5.12. The SMILES string of the molecule is Cc1cc(NC(=O)CCc2ccccc2)cnc1Br. The molecule has 4 heteroatoms. The highest BCUT2D eigenvalue weighted by Crippen LogP contribution is 2.17. The predicted molar refractivity (Wildman–Crippen MR) is 80.1 cm³/mol. The number of carbonyl (C=O) groups is 1. The Labute approximate surface area is 121 Å². The number of halogens is 1. The molecule has 1 aromatic heterocycles. The third kappa shape index (κ3) is 4.17. The Morgan fingerprint density at radius 1 is 1.32 bits per heavy atom. The average molecular weight is 319 g/mol. The van der Waals surface area contributed by atoms with E-state index in [1.807, 2.05) is 43.3 Å². The van der Waals surface area contributed by atoms with Crippen molar-refractivity contribution in [2.24, 2.45) is 0 Å². The van der Waals surface area contributed by atoms with Crippen LogP contribution in [0.2, 0.25) is 0 Å². The van der Waals surface area contributed by atoms with E-state index in [1.165, 1.54) is 5.56 Å². The molecule has 0 spiro atoms. The lowest BCUT2D eigenvalue weighted by atomic mass is 10.1. The summed E-state index contributed by atoms with van der Waals surface area (Å²) in [5, 5.41) is 2.86. The van der Waals surface area contributed by atoms with Crippen molar-refractivity contribution in [1.82, 2.24) is 4.98 Å². The first kappa shape index (κ1) is 13.7. The highest BCUT2D eigenvalue weighted by Gasteiger charge is 2.04. The Hall–Kier alpha value is -1.68. The summed E-state index contributed by atoms with van der Waals surface area (Å²) < 4.78 is 0.801. The molecular weight excluding hydrogens is 304 g/mol. The fraction of sp³-hybridized carbons (Fsp3) is 0.200. The van der Waals surface area contributed by atoms with Gasteiger partial charge in [-0.1, -0.05) is 30.3 Å². The first-order chi connectivity index (χ1) is 9.15. The van der Waals surface area contributed by atoms with Gasteiger partial charge in [0.25, 0.3) is 0 Å². The normalized spacial score (nSPS) is 10.2. The number of rotatable bonds is 4. The summed E-state index contributed by atoms with van der Waals surface area (Å²) in [6.07, 6.45) is 2.87. The number of hydrogen-bond donors (Lipinski definition) is 1. The van der Waals surface area contributed by atoms with Gasteiger partial charge in [-0.3, -0.25) is 4.79 Å². The van der Waals surface area contributed by atoms with Crippen molar-refractivity contribution in [3.8, 4) is 0 Å². The van der Waals surface area contributed by atoms with Crippen LogP contribution >= 0.6 is 15.9 Å².